The summed E-state index contributed by atoms with van der Waals surface area (Å²) >= 11 is 0. The number of carboxylic acid groups (broad SMARTS) is 1. The minimum atomic E-state index is -0.899. The molecule has 1 aromatic carbocycles. The van der Waals surface area contributed by atoms with Crippen LogP contribution in [0.15, 0.2) is 30.3 Å². The number of nitrogens with one attached hydrogen (secondary N) is 1. The van der Waals surface area contributed by atoms with E-state index in [9.17, 15) is 9.59 Å². The van der Waals surface area contributed by atoms with Gasteiger partial charge in [-0.2, -0.15) is 0 Å². The second kappa shape index (κ2) is 8.57. The third-order valence-corrected chi connectivity index (χ3v) is 4.36. The molecule has 1 aromatic rings. The maximum absolute atomic E-state index is 12.3. The maximum atomic E-state index is 12.3. The highest BCUT2D eigenvalue weighted by Gasteiger charge is 2.21. The molecule has 0 aromatic heterocycles. The van der Waals surface area contributed by atoms with Gasteiger partial charge in [-0.25, -0.2) is 0 Å². The molecule has 1 fully saturated rings. The largest absolute Gasteiger partial charge is 0.481 e. The summed E-state index contributed by atoms with van der Waals surface area (Å²) in [6.07, 6.45) is 7.60. The van der Waals surface area contributed by atoms with Crippen molar-refractivity contribution in [1.29, 1.82) is 0 Å². The van der Waals surface area contributed by atoms with Gasteiger partial charge in [0.2, 0.25) is 5.91 Å². The van der Waals surface area contributed by atoms with E-state index in [0.717, 1.165) is 18.4 Å². The zero-order valence-electron chi connectivity index (χ0n) is 13.0. The minimum Gasteiger partial charge on any atom is -0.481 e. The van der Waals surface area contributed by atoms with Crippen LogP contribution in [0, 0.1) is 5.92 Å². The van der Waals surface area contributed by atoms with Crippen LogP contribution in [-0.4, -0.2) is 17.0 Å². The number of carbonyl (C=O) groups is 2. The SMILES string of the molecule is O=C(O)CC(NC(=O)CC1CCCCCC1)c1ccccc1. The second-order valence-corrected chi connectivity index (χ2v) is 6.19. The Balaban J connectivity index is 1.94. The molecule has 22 heavy (non-hydrogen) atoms. The third-order valence-electron chi connectivity index (χ3n) is 4.36. The normalized spacial score (nSPS) is 17.5. The number of carboxylic acids is 1. The molecule has 1 aliphatic carbocycles. The quantitative estimate of drug-likeness (QED) is 0.788. The van der Waals surface area contributed by atoms with E-state index in [-0.39, 0.29) is 12.3 Å². The maximum Gasteiger partial charge on any atom is 0.305 e. The highest BCUT2D eigenvalue weighted by molar-refractivity contribution is 5.78. The van der Waals surface area contributed by atoms with Gasteiger partial charge in [0.25, 0.3) is 0 Å². The van der Waals surface area contributed by atoms with E-state index in [0.29, 0.717) is 12.3 Å². The molecule has 1 atom stereocenters. The number of aliphatic carboxylic acids is 1. The fourth-order valence-electron chi connectivity index (χ4n) is 3.20. The highest BCUT2D eigenvalue weighted by Crippen LogP contribution is 2.26. The number of rotatable bonds is 6. The molecule has 0 bridgehead atoms. The van der Waals surface area contributed by atoms with Gasteiger partial charge in [0.1, 0.15) is 0 Å². The molecule has 0 heterocycles. The zero-order chi connectivity index (χ0) is 15.8. The number of amides is 1. The molecule has 0 radical (unpaired) electrons. The smallest absolute Gasteiger partial charge is 0.305 e. The Hall–Kier alpha value is -1.84. The molecule has 1 aliphatic rings. The van der Waals surface area contributed by atoms with Crippen molar-refractivity contribution in [1.82, 2.24) is 5.32 Å². The summed E-state index contributed by atoms with van der Waals surface area (Å²) in [5.41, 5.74) is 0.846. The summed E-state index contributed by atoms with van der Waals surface area (Å²) in [4.78, 5) is 23.3. The molecule has 4 nitrogen and oxygen atoms in total. The summed E-state index contributed by atoms with van der Waals surface area (Å²) in [5.74, 6) is -0.477. The third kappa shape index (κ3) is 5.51. The molecule has 1 unspecified atom stereocenters. The van der Waals surface area contributed by atoms with Crippen molar-refractivity contribution in [2.24, 2.45) is 5.92 Å². The predicted octanol–water partition coefficient (Wildman–Crippen LogP) is 3.68. The first-order valence-corrected chi connectivity index (χ1v) is 8.21. The second-order valence-electron chi connectivity index (χ2n) is 6.19. The molecule has 120 valence electrons. The predicted molar refractivity (Wildman–Crippen MR) is 85.4 cm³/mol. The molecular weight excluding hydrogens is 278 g/mol. The standard InChI is InChI=1S/C18H25NO3/c20-17(12-14-8-4-1-2-5-9-14)19-16(13-18(21)22)15-10-6-3-7-11-15/h3,6-7,10-11,14,16H,1-2,4-5,8-9,12-13H2,(H,19,20)(H,21,22). The van der Waals surface area contributed by atoms with Crippen LogP contribution in [0.5, 0.6) is 0 Å². The first kappa shape index (κ1) is 16.5. The van der Waals surface area contributed by atoms with E-state index in [1.807, 2.05) is 30.3 Å². The van der Waals surface area contributed by atoms with E-state index >= 15 is 0 Å². The van der Waals surface area contributed by atoms with E-state index < -0.39 is 12.0 Å². The van der Waals surface area contributed by atoms with Crippen LogP contribution in [0.1, 0.15) is 63.0 Å². The van der Waals surface area contributed by atoms with Crippen molar-refractivity contribution < 1.29 is 14.7 Å². The number of hydrogen-bond acceptors (Lipinski definition) is 2. The highest BCUT2D eigenvalue weighted by atomic mass is 16.4. The Kier molecular flexibility index (Phi) is 6.44. The van der Waals surface area contributed by atoms with Gasteiger partial charge in [-0.05, 0) is 24.3 Å². The van der Waals surface area contributed by atoms with E-state index in [4.69, 9.17) is 5.11 Å². The molecular formula is C18H25NO3. The van der Waals surface area contributed by atoms with Gasteiger partial charge >= 0.3 is 5.97 Å². The lowest BCUT2D eigenvalue weighted by Crippen LogP contribution is -2.31. The Morgan fingerprint density at radius 1 is 1.09 bits per heavy atom. The van der Waals surface area contributed by atoms with Crippen LogP contribution in [0.25, 0.3) is 0 Å². The lowest BCUT2D eigenvalue weighted by Gasteiger charge is -2.20. The van der Waals surface area contributed by atoms with Crippen LogP contribution >= 0.6 is 0 Å². The summed E-state index contributed by atoms with van der Waals surface area (Å²) in [6, 6.07) is 8.88. The average molecular weight is 303 g/mol. The topological polar surface area (TPSA) is 66.4 Å². The number of hydrogen-bond donors (Lipinski definition) is 2. The molecule has 0 aliphatic heterocycles. The van der Waals surface area contributed by atoms with Gasteiger partial charge in [0.05, 0.1) is 12.5 Å². The molecule has 0 spiro atoms. The summed E-state index contributed by atoms with van der Waals surface area (Å²) < 4.78 is 0. The summed E-state index contributed by atoms with van der Waals surface area (Å²) in [7, 11) is 0. The van der Waals surface area contributed by atoms with Gasteiger partial charge in [-0.3, -0.25) is 9.59 Å². The lowest BCUT2D eigenvalue weighted by atomic mass is 9.95. The Bertz CT molecular complexity index is 478. The Labute approximate surface area is 131 Å². The van der Waals surface area contributed by atoms with Crippen LogP contribution in [0.2, 0.25) is 0 Å². The van der Waals surface area contributed by atoms with Crippen molar-refractivity contribution in [2.45, 2.75) is 57.4 Å². The molecule has 0 saturated heterocycles. The monoisotopic (exact) mass is 303 g/mol. The number of benzene rings is 1. The average Bonchev–Trinajstić information content (AvgIpc) is 2.75. The van der Waals surface area contributed by atoms with Crippen LogP contribution < -0.4 is 5.32 Å². The Morgan fingerprint density at radius 2 is 1.73 bits per heavy atom. The van der Waals surface area contributed by atoms with E-state index in [2.05, 4.69) is 5.32 Å². The van der Waals surface area contributed by atoms with Crippen LogP contribution in [0.4, 0.5) is 0 Å². The fourth-order valence-corrected chi connectivity index (χ4v) is 3.20. The molecule has 4 heteroatoms. The van der Waals surface area contributed by atoms with Gasteiger partial charge < -0.3 is 10.4 Å². The lowest BCUT2D eigenvalue weighted by molar-refractivity contribution is -0.137. The zero-order valence-corrected chi connectivity index (χ0v) is 13.0. The van der Waals surface area contributed by atoms with Crippen molar-refractivity contribution in [3.05, 3.63) is 35.9 Å². The van der Waals surface area contributed by atoms with Gasteiger partial charge in [0.15, 0.2) is 0 Å². The van der Waals surface area contributed by atoms with Crippen LogP contribution in [-0.2, 0) is 9.59 Å². The van der Waals surface area contributed by atoms with Gasteiger partial charge in [-0.1, -0.05) is 56.0 Å². The number of carbonyl (C=O) groups excluding carboxylic acids is 1. The minimum absolute atomic E-state index is 0.0259. The Morgan fingerprint density at radius 3 is 2.32 bits per heavy atom. The molecule has 2 rings (SSSR count). The fraction of sp³-hybridized carbons (Fsp3) is 0.556. The van der Waals surface area contributed by atoms with Crippen molar-refractivity contribution >= 4 is 11.9 Å². The van der Waals surface area contributed by atoms with Crippen molar-refractivity contribution in [2.75, 3.05) is 0 Å². The first-order chi connectivity index (χ1) is 10.6. The van der Waals surface area contributed by atoms with Gasteiger partial charge in [-0.15, -0.1) is 0 Å². The molecule has 2 N–H and O–H groups in total. The van der Waals surface area contributed by atoms with Crippen molar-refractivity contribution in [3.8, 4) is 0 Å². The van der Waals surface area contributed by atoms with Crippen LogP contribution in [0.3, 0.4) is 0 Å². The van der Waals surface area contributed by atoms with E-state index in [1.165, 1.54) is 25.7 Å². The molecule has 1 saturated carbocycles. The first-order valence-electron chi connectivity index (χ1n) is 8.21. The van der Waals surface area contributed by atoms with E-state index in [1.54, 1.807) is 0 Å². The summed E-state index contributed by atoms with van der Waals surface area (Å²) in [6.45, 7) is 0. The summed E-state index contributed by atoms with van der Waals surface area (Å²) in [5, 5.41) is 12.0. The van der Waals surface area contributed by atoms with Crippen molar-refractivity contribution in [3.63, 3.8) is 0 Å². The molecule has 1 amide bonds. The van der Waals surface area contributed by atoms with Gasteiger partial charge in [0, 0.05) is 6.42 Å².